The first-order valence-electron chi connectivity index (χ1n) is 6.73. The number of fused-ring (bicyclic) bond motifs is 1. The van der Waals surface area contributed by atoms with Crippen LogP contribution in [0.3, 0.4) is 0 Å². The van der Waals surface area contributed by atoms with Crippen LogP contribution in [-0.4, -0.2) is 26.1 Å². The van der Waals surface area contributed by atoms with Crippen molar-refractivity contribution in [3.8, 4) is 5.75 Å². The number of carbonyl (C=O) groups excluding carboxylic acids is 1. The van der Waals surface area contributed by atoms with E-state index in [0.717, 1.165) is 28.5 Å². The number of benzene rings is 1. The van der Waals surface area contributed by atoms with Gasteiger partial charge in [-0.1, -0.05) is 6.07 Å². The van der Waals surface area contributed by atoms with E-state index in [4.69, 9.17) is 4.74 Å². The Hall–Kier alpha value is -2.27. The first kappa shape index (κ1) is 13.7. The van der Waals surface area contributed by atoms with E-state index < -0.39 is 0 Å². The maximum Gasteiger partial charge on any atom is 0.251 e. The predicted octanol–water partition coefficient (Wildman–Crippen LogP) is 3.23. The molecule has 5 heteroatoms. The van der Waals surface area contributed by atoms with Crippen molar-refractivity contribution in [3.05, 3.63) is 46.7 Å². The molecule has 1 aliphatic heterocycles. The van der Waals surface area contributed by atoms with E-state index in [2.05, 4.69) is 5.32 Å². The zero-order valence-corrected chi connectivity index (χ0v) is 12.5. The fraction of sp³-hybridized carbons (Fsp3) is 0.188. The van der Waals surface area contributed by atoms with Gasteiger partial charge in [0.2, 0.25) is 0 Å². The van der Waals surface area contributed by atoms with Gasteiger partial charge in [-0.2, -0.15) is 0 Å². The molecule has 3 rings (SSSR count). The topological polar surface area (TPSA) is 41.6 Å². The summed E-state index contributed by atoms with van der Waals surface area (Å²) in [6.45, 7) is 1.39. The third kappa shape index (κ3) is 2.92. The molecule has 0 atom stereocenters. The lowest BCUT2D eigenvalue weighted by Gasteiger charge is -2.29. The second-order valence-electron chi connectivity index (χ2n) is 4.65. The van der Waals surface area contributed by atoms with Crippen molar-refractivity contribution in [3.63, 3.8) is 0 Å². The predicted molar refractivity (Wildman–Crippen MR) is 87.2 cm³/mol. The fourth-order valence-electron chi connectivity index (χ4n) is 2.29. The molecule has 0 aliphatic carbocycles. The molecule has 0 unspecified atom stereocenters. The molecule has 0 spiro atoms. The number of hydrogen-bond donors (Lipinski definition) is 1. The summed E-state index contributed by atoms with van der Waals surface area (Å²) in [6.07, 6.45) is 3.48. The Morgan fingerprint density at radius 1 is 1.43 bits per heavy atom. The number of ether oxygens (including phenoxy) is 1. The summed E-state index contributed by atoms with van der Waals surface area (Å²) in [7, 11) is 1.63. The van der Waals surface area contributed by atoms with Crippen LogP contribution in [0.2, 0.25) is 0 Å². The van der Waals surface area contributed by atoms with E-state index in [0.29, 0.717) is 6.54 Å². The van der Waals surface area contributed by atoms with Crippen molar-refractivity contribution in [2.45, 2.75) is 0 Å². The number of carbonyl (C=O) groups is 1. The van der Waals surface area contributed by atoms with Crippen molar-refractivity contribution < 1.29 is 9.53 Å². The van der Waals surface area contributed by atoms with Gasteiger partial charge in [0.05, 0.1) is 18.5 Å². The Kier molecular flexibility index (Phi) is 3.92. The monoisotopic (exact) mass is 300 g/mol. The highest BCUT2D eigenvalue weighted by atomic mass is 32.1. The molecule has 0 fully saturated rings. The number of hydrogen-bond acceptors (Lipinski definition) is 4. The van der Waals surface area contributed by atoms with Crippen LogP contribution < -0.4 is 15.0 Å². The van der Waals surface area contributed by atoms with Crippen LogP contribution in [0, 0.1) is 0 Å². The Morgan fingerprint density at radius 3 is 3.10 bits per heavy atom. The molecule has 2 heterocycles. The van der Waals surface area contributed by atoms with Gasteiger partial charge < -0.3 is 15.0 Å². The average Bonchev–Trinajstić information content (AvgIpc) is 3.05. The van der Waals surface area contributed by atoms with Crippen LogP contribution >= 0.6 is 11.3 Å². The van der Waals surface area contributed by atoms with E-state index in [1.807, 2.05) is 41.8 Å². The van der Waals surface area contributed by atoms with E-state index in [1.54, 1.807) is 29.4 Å². The quantitative estimate of drug-likeness (QED) is 0.885. The Labute approximate surface area is 127 Å². The van der Waals surface area contributed by atoms with Crippen molar-refractivity contribution >= 4 is 34.7 Å². The summed E-state index contributed by atoms with van der Waals surface area (Å²) in [4.78, 5) is 15.3. The molecule has 4 nitrogen and oxygen atoms in total. The van der Waals surface area contributed by atoms with Crippen molar-refractivity contribution in [2.24, 2.45) is 0 Å². The smallest absolute Gasteiger partial charge is 0.251 e. The number of amides is 1. The largest absolute Gasteiger partial charge is 0.497 e. The molecule has 0 radical (unpaired) electrons. The molecule has 1 aromatic carbocycles. The number of nitrogens with zero attached hydrogens (tertiary/aromatic N) is 1. The second kappa shape index (κ2) is 6.01. The number of thiophene rings is 1. The minimum absolute atomic E-state index is 0.0144. The maximum absolute atomic E-state index is 12.4. The zero-order valence-electron chi connectivity index (χ0n) is 11.7. The molecule has 1 aliphatic rings. The standard InChI is InChI=1S/C16H16N2O2S/c1-20-12-4-6-14-15(11-12)18(9-8-17-14)16(19)7-5-13-3-2-10-21-13/h2-7,10-11,17H,8-9H2,1H3. The third-order valence-corrected chi connectivity index (χ3v) is 4.18. The highest BCUT2D eigenvalue weighted by Gasteiger charge is 2.21. The van der Waals surface area contributed by atoms with Crippen LogP contribution in [0.25, 0.3) is 6.08 Å². The van der Waals surface area contributed by atoms with Crippen LogP contribution in [0.4, 0.5) is 11.4 Å². The summed E-state index contributed by atoms with van der Waals surface area (Å²) in [5.41, 5.74) is 1.82. The Balaban J connectivity index is 1.85. The minimum Gasteiger partial charge on any atom is -0.497 e. The number of anilines is 2. The van der Waals surface area contributed by atoms with Gasteiger partial charge in [-0.15, -0.1) is 11.3 Å². The van der Waals surface area contributed by atoms with E-state index in [1.165, 1.54) is 0 Å². The Morgan fingerprint density at radius 2 is 2.33 bits per heavy atom. The molecule has 108 valence electrons. The molecule has 1 aromatic heterocycles. The van der Waals surface area contributed by atoms with Gasteiger partial charge in [0.25, 0.3) is 5.91 Å². The summed E-state index contributed by atoms with van der Waals surface area (Å²) in [6, 6.07) is 9.68. The number of rotatable bonds is 3. The minimum atomic E-state index is -0.0144. The van der Waals surface area contributed by atoms with Gasteiger partial charge in [-0.25, -0.2) is 0 Å². The van der Waals surface area contributed by atoms with Crippen LogP contribution in [-0.2, 0) is 4.79 Å². The van der Waals surface area contributed by atoms with E-state index in [9.17, 15) is 4.79 Å². The van der Waals surface area contributed by atoms with Gasteiger partial charge in [-0.3, -0.25) is 4.79 Å². The molecule has 0 saturated carbocycles. The van der Waals surface area contributed by atoms with Crippen molar-refractivity contribution in [2.75, 3.05) is 30.4 Å². The van der Waals surface area contributed by atoms with Crippen molar-refractivity contribution in [1.82, 2.24) is 0 Å². The van der Waals surface area contributed by atoms with Gasteiger partial charge in [0.15, 0.2) is 0 Å². The van der Waals surface area contributed by atoms with E-state index >= 15 is 0 Å². The SMILES string of the molecule is COc1ccc2c(c1)N(C(=O)C=Cc1cccs1)CCN2. The summed E-state index contributed by atoms with van der Waals surface area (Å²) in [5, 5.41) is 5.29. The van der Waals surface area contributed by atoms with Gasteiger partial charge >= 0.3 is 0 Å². The maximum atomic E-state index is 12.4. The molecule has 0 saturated heterocycles. The molecule has 21 heavy (non-hydrogen) atoms. The Bertz CT molecular complexity index is 665. The second-order valence-corrected chi connectivity index (χ2v) is 5.63. The van der Waals surface area contributed by atoms with Crippen LogP contribution in [0.1, 0.15) is 4.88 Å². The number of methoxy groups -OCH3 is 1. The van der Waals surface area contributed by atoms with Crippen molar-refractivity contribution in [1.29, 1.82) is 0 Å². The summed E-state index contributed by atoms with van der Waals surface area (Å²) < 4.78 is 5.25. The first-order chi connectivity index (χ1) is 10.3. The zero-order chi connectivity index (χ0) is 14.7. The first-order valence-corrected chi connectivity index (χ1v) is 7.61. The van der Waals surface area contributed by atoms with Crippen LogP contribution in [0.5, 0.6) is 5.75 Å². The number of nitrogens with one attached hydrogen (secondary N) is 1. The molecule has 0 bridgehead atoms. The average molecular weight is 300 g/mol. The van der Waals surface area contributed by atoms with Gasteiger partial charge in [0.1, 0.15) is 5.75 Å². The van der Waals surface area contributed by atoms with Crippen LogP contribution in [0.15, 0.2) is 41.8 Å². The van der Waals surface area contributed by atoms with Gasteiger partial charge in [-0.05, 0) is 29.7 Å². The lowest BCUT2D eigenvalue weighted by atomic mass is 10.2. The van der Waals surface area contributed by atoms with Gasteiger partial charge in [0, 0.05) is 30.1 Å². The molecular formula is C16H16N2O2S. The fourth-order valence-corrected chi connectivity index (χ4v) is 2.91. The third-order valence-electron chi connectivity index (χ3n) is 3.35. The molecule has 1 N–H and O–H groups in total. The highest BCUT2D eigenvalue weighted by Crippen LogP contribution is 2.33. The lowest BCUT2D eigenvalue weighted by molar-refractivity contribution is -0.114. The van der Waals surface area contributed by atoms with E-state index in [-0.39, 0.29) is 5.91 Å². The lowest BCUT2D eigenvalue weighted by Crippen LogP contribution is -2.37. The molecule has 1 amide bonds. The normalized spacial score (nSPS) is 13.9. The summed E-state index contributed by atoms with van der Waals surface area (Å²) >= 11 is 1.61. The summed E-state index contributed by atoms with van der Waals surface area (Å²) in [5.74, 6) is 0.733. The molecule has 2 aromatic rings. The highest BCUT2D eigenvalue weighted by molar-refractivity contribution is 7.10. The molecular weight excluding hydrogens is 284 g/mol.